The summed E-state index contributed by atoms with van der Waals surface area (Å²) in [6.07, 6.45) is 3.24. The summed E-state index contributed by atoms with van der Waals surface area (Å²) < 4.78 is 17.9. The third-order valence-electron chi connectivity index (χ3n) is 3.89. The van der Waals surface area contributed by atoms with E-state index in [1.807, 2.05) is 6.07 Å². The molecule has 2 aromatic carbocycles. The molecule has 1 unspecified atom stereocenters. The first-order valence-corrected chi connectivity index (χ1v) is 10.1. The molecule has 0 aliphatic heterocycles. The number of benzene rings is 2. The van der Waals surface area contributed by atoms with Crippen LogP contribution in [0.4, 0.5) is 5.69 Å². The summed E-state index contributed by atoms with van der Waals surface area (Å²) >= 11 is 0. The number of hydrogen-bond acceptors (Lipinski definition) is 5. The zero-order valence-corrected chi connectivity index (χ0v) is 16.2. The Bertz CT molecular complexity index is 1030. The van der Waals surface area contributed by atoms with E-state index in [0.29, 0.717) is 21.8 Å². The van der Waals surface area contributed by atoms with Gasteiger partial charge in [-0.2, -0.15) is 5.10 Å². The van der Waals surface area contributed by atoms with E-state index in [0.717, 1.165) is 0 Å². The second kappa shape index (κ2) is 8.62. The van der Waals surface area contributed by atoms with Crippen LogP contribution in [0.5, 0.6) is 0 Å². The van der Waals surface area contributed by atoms with Crippen molar-refractivity contribution in [2.45, 2.75) is 11.8 Å². The Morgan fingerprint density at radius 2 is 1.89 bits per heavy atom. The van der Waals surface area contributed by atoms with Gasteiger partial charge in [0, 0.05) is 39.4 Å². The van der Waals surface area contributed by atoms with Gasteiger partial charge >= 0.3 is 5.97 Å². The molecule has 1 amide bonds. The van der Waals surface area contributed by atoms with Crippen LogP contribution >= 0.6 is 0 Å². The second-order valence-electron chi connectivity index (χ2n) is 5.85. The number of amides is 1. The lowest BCUT2D eigenvalue weighted by Gasteiger charge is -2.08. The fourth-order valence-electron chi connectivity index (χ4n) is 2.51. The number of aromatic nitrogens is 2. The molecule has 0 bridgehead atoms. The van der Waals surface area contributed by atoms with Crippen LogP contribution in [0.25, 0.3) is 5.69 Å². The van der Waals surface area contributed by atoms with Gasteiger partial charge in [0.15, 0.2) is 5.69 Å². The van der Waals surface area contributed by atoms with E-state index < -0.39 is 16.8 Å². The zero-order chi connectivity index (χ0) is 20.1. The maximum Gasteiger partial charge on any atom is 0.358 e. The molecule has 1 N–H and O–H groups in total. The highest BCUT2D eigenvalue weighted by Gasteiger charge is 2.12. The molecule has 7 nitrogen and oxygen atoms in total. The van der Waals surface area contributed by atoms with Crippen molar-refractivity contribution in [1.29, 1.82) is 0 Å². The number of carbonyl (C=O) groups is 2. The molecular formula is C20H19N3O4S. The van der Waals surface area contributed by atoms with E-state index >= 15 is 0 Å². The minimum atomic E-state index is -1.09. The fraction of sp³-hybridized carbons (Fsp3) is 0.150. The molecule has 0 aliphatic carbocycles. The van der Waals surface area contributed by atoms with Crippen molar-refractivity contribution in [3.8, 4) is 5.69 Å². The molecule has 1 atom stereocenters. The molecule has 8 heteroatoms. The van der Waals surface area contributed by atoms with E-state index in [9.17, 15) is 13.8 Å². The Labute approximate surface area is 164 Å². The molecule has 0 saturated carbocycles. The van der Waals surface area contributed by atoms with Crippen LogP contribution in [-0.2, 0) is 15.5 Å². The summed E-state index contributed by atoms with van der Waals surface area (Å²) in [7, 11) is -1.09. The van der Waals surface area contributed by atoms with E-state index in [1.165, 1.54) is 4.68 Å². The van der Waals surface area contributed by atoms with Crippen LogP contribution in [0.3, 0.4) is 0 Å². The predicted molar refractivity (Wildman–Crippen MR) is 106 cm³/mol. The Hall–Kier alpha value is -3.26. The lowest BCUT2D eigenvalue weighted by molar-refractivity contribution is 0.0519. The molecule has 3 aromatic rings. The maximum absolute atomic E-state index is 12.4. The van der Waals surface area contributed by atoms with Gasteiger partial charge < -0.3 is 10.1 Å². The summed E-state index contributed by atoms with van der Waals surface area (Å²) in [5, 5.41) is 7.02. The predicted octanol–water partition coefficient (Wildman–Crippen LogP) is 3.04. The quantitative estimate of drug-likeness (QED) is 0.646. The molecule has 28 heavy (non-hydrogen) atoms. The van der Waals surface area contributed by atoms with Crippen LogP contribution in [-0.4, -0.2) is 38.7 Å². The maximum atomic E-state index is 12.4. The van der Waals surface area contributed by atoms with Crippen molar-refractivity contribution >= 4 is 28.4 Å². The van der Waals surface area contributed by atoms with Crippen LogP contribution in [0, 0.1) is 0 Å². The van der Waals surface area contributed by atoms with Gasteiger partial charge in [0.2, 0.25) is 0 Å². The summed E-state index contributed by atoms with van der Waals surface area (Å²) in [5.74, 6) is -0.763. The Balaban J connectivity index is 1.75. The molecule has 1 heterocycles. The molecule has 0 saturated heterocycles. The molecule has 1 aromatic heterocycles. The average Bonchev–Trinajstić information content (AvgIpc) is 3.19. The zero-order valence-electron chi connectivity index (χ0n) is 15.4. The average molecular weight is 397 g/mol. The molecule has 3 rings (SSSR count). The number of esters is 1. The van der Waals surface area contributed by atoms with E-state index in [2.05, 4.69) is 10.4 Å². The Morgan fingerprint density at radius 1 is 1.14 bits per heavy atom. The number of carbonyl (C=O) groups excluding carboxylic acids is 2. The van der Waals surface area contributed by atoms with Gasteiger partial charge in [-0.15, -0.1) is 0 Å². The normalized spacial score (nSPS) is 11.6. The number of ether oxygens (including phenoxy) is 1. The van der Waals surface area contributed by atoms with Crippen molar-refractivity contribution < 1.29 is 18.5 Å². The lowest BCUT2D eigenvalue weighted by atomic mass is 10.2. The van der Waals surface area contributed by atoms with Gasteiger partial charge in [0.25, 0.3) is 5.91 Å². The smallest absolute Gasteiger partial charge is 0.358 e. The van der Waals surface area contributed by atoms with Gasteiger partial charge in [0.05, 0.1) is 12.3 Å². The van der Waals surface area contributed by atoms with Crippen LogP contribution in [0.1, 0.15) is 27.8 Å². The number of nitrogens with one attached hydrogen (secondary N) is 1. The summed E-state index contributed by atoms with van der Waals surface area (Å²) in [6, 6.07) is 15.3. The summed E-state index contributed by atoms with van der Waals surface area (Å²) in [4.78, 5) is 24.8. The molecule has 0 radical (unpaired) electrons. The standard InChI is InChI=1S/C20H19N3O4S/c1-3-27-20(25)18-11-12-23(22-18)16-6-4-5-15(13-16)21-19(24)14-7-9-17(10-8-14)28(2)26/h4-13H,3H2,1-2H3,(H,21,24). The minimum absolute atomic E-state index is 0.213. The van der Waals surface area contributed by atoms with Crippen molar-refractivity contribution in [2.24, 2.45) is 0 Å². The third-order valence-corrected chi connectivity index (χ3v) is 4.83. The molecule has 144 valence electrons. The number of hydrogen-bond donors (Lipinski definition) is 1. The van der Waals surface area contributed by atoms with Gasteiger partial charge in [0.1, 0.15) is 0 Å². The number of anilines is 1. The first-order valence-electron chi connectivity index (χ1n) is 8.56. The van der Waals surface area contributed by atoms with E-state index in [-0.39, 0.29) is 18.2 Å². The first-order chi connectivity index (χ1) is 13.5. The molecular weight excluding hydrogens is 378 g/mol. The fourth-order valence-corrected chi connectivity index (χ4v) is 3.03. The minimum Gasteiger partial charge on any atom is -0.461 e. The molecule has 0 spiro atoms. The number of rotatable bonds is 6. The monoisotopic (exact) mass is 397 g/mol. The highest BCUT2D eigenvalue weighted by atomic mass is 32.2. The highest BCUT2D eigenvalue weighted by molar-refractivity contribution is 7.84. The lowest BCUT2D eigenvalue weighted by Crippen LogP contribution is -2.12. The van der Waals surface area contributed by atoms with Crippen molar-refractivity contribution in [3.63, 3.8) is 0 Å². The van der Waals surface area contributed by atoms with Crippen LogP contribution in [0.15, 0.2) is 65.7 Å². The van der Waals surface area contributed by atoms with Crippen LogP contribution < -0.4 is 5.32 Å². The second-order valence-corrected chi connectivity index (χ2v) is 7.23. The van der Waals surface area contributed by atoms with Gasteiger partial charge in [-0.05, 0) is 55.5 Å². The van der Waals surface area contributed by atoms with E-state index in [4.69, 9.17) is 4.74 Å². The van der Waals surface area contributed by atoms with Gasteiger partial charge in [-0.3, -0.25) is 9.00 Å². The van der Waals surface area contributed by atoms with Crippen molar-refractivity contribution in [1.82, 2.24) is 9.78 Å². The molecule has 0 fully saturated rings. The number of nitrogens with zero attached hydrogens (tertiary/aromatic N) is 2. The Morgan fingerprint density at radius 3 is 2.57 bits per heavy atom. The topological polar surface area (TPSA) is 90.3 Å². The van der Waals surface area contributed by atoms with Gasteiger partial charge in [-0.1, -0.05) is 6.07 Å². The third kappa shape index (κ3) is 4.52. The SMILES string of the molecule is CCOC(=O)c1ccn(-c2cccc(NC(=O)c3ccc(S(C)=O)cc3)c2)n1. The largest absolute Gasteiger partial charge is 0.461 e. The summed E-state index contributed by atoms with van der Waals surface area (Å²) in [6.45, 7) is 2.01. The first kappa shape index (κ1) is 19.5. The molecule has 0 aliphatic rings. The van der Waals surface area contributed by atoms with E-state index in [1.54, 1.807) is 67.9 Å². The van der Waals surface area contributed by atoms with Crippen LogP contribution in [0.2, 0.25) is 0 Å². The van der Waals surface area contributed by atoms with Crippen molar-refractivity contribution in [2.75, 3.05) is 18.2 Å². The van der Waals surface area contributed by atoms with Gasteiger partial charge in [-0.25, -0.2) is 9.48 Å². The highest BCUT2D eigenvalue weighted by Crippen LogP contribution is 2.16. The summed E-state index contributed by atoms with van der Waals surface area (Å²) in [5.41, 5.74) is 1.94. The van der Waals surface area contributed by atoms with Crippen molar-refractivity contribution in [3.05, 3.63) is 72.1 Å². The Kier molecular flexibility index (Phi) is 6.00.